The van der Waals surface area contributed by atoms with Crippen LogP contribution in [0.1, 0.15) is 23.4 Å². The quantitative estimate of drug-likeness (QED) is 0.815. The van der Waals surface area contributed by atoms with E-state index in [4.69, 9.17) is 14.0 Å². The van der Waals surface area contributed by atoms with Crippen LogP contribution < -0.4 is 14.4 Å². The Morgan fingerprint density at radius 2 is 2.04 bits per heavy atom. The van der Waals surface area contributed by atoms with Crippen LogP contribution in [0.25, 0.3) is 0 Å². The maximum absolute atomic E-state index is 12.7. The summed E-state index contributed by atoms with van der Waals surface area (Å²) in [5.41, 5.74) is 0.583. The van der Waals surface area contributed by atoms with Gasteiger partial charge >= 0.3 is 0 Å². The van der Waals surface area contributed by atoms with Crippen LogP contribution in [0, 0.1) is 5.41 Å². The minimum atomic E-state index is -0.219. The molecule has 8 nitrogen and oxygen atoms in total. The molecule has 134 valence electrons. The summed E-state index contributed by atoms with van der Waals surface area (Å²) in [5.74, 6) is 1.48. The first kappa shape index (κ1) is 15.2. The Morgan fingerprint density at radius 1 is 1.15 bits per heavy atom. The lowest BCUT2D eigenvalue weighted by Gasteiger charge is -2.24. The topological polar surface area (TPSA) is 85.1 Å². The third-order valence-electron chi connectivity index (χ3n) is 5.36. The zero-order valence-electron chi connectivity index (χ0n) is 14.0. The molecule has 5 rings (SSSR count). The van der Waals surface area contributed by atoms with Gasteiger partial charge in [-0.2, -0.15) is 0 Å². The van der Waals surface area contributed by atoms with Gasteiger partial charge in [0, 0.05) is 49.3 Å². The molecule has 2 amide bonds. The average Bonchev–Trinajstić information content (AvgIpc) is 3.42. The molecular weight excluding hydrogens is 338 g/mol. The van der Waals surface area contributed by atoms with Crippen molar-refractivity contribution in [3.05, 3.63) is 36.2 Å². The number of ether oxygens (including phenoxy) is 2. The lowest BCUT2D eigenvalue weighted by molar-refractivity contribution is -0.117. The number of fused-ring (bicyclic) bond motifs is 1. The number of hydrogen-bond donors (Lipinski definition) is 0. The van der Waals surface area contributed by atoms with Crippen molar-refractivity contribution in [2.24, 2.45) is 5.41 Å². The molecule has 2 saturated heterocycles. The number of carbonyl (C=O) groups excluding carboxylic acids is 2. The zero-order chi connectivity index (χ0) is 17.7. The van der Waals surface area contributed by atoms with Crippen molar-refractivity contribution >= 4 is 17.5 Å². The molecule has 0 unspecified atom stereocenters. The molecule has 1 aromatic heterocycles. The van der Waals surface area contributed by atoms with E-state index in [2.05, 4.69) is 5.16 Å². The van der Waals surface area contributed by atoms with Crippen LogP contribution in [0.4, 0.5) is 5.69 Å². The molecule has 0 aliphatic carbocycles. The van der Waals surface area contributed by atoms with Crippen molar-refractivity contribution in [1.82, 2.24) is 10.1 Å². The molecule has 1 spiro atoms. The van der Waals surface area contributed by atoms with E-state index in [-0.39, 0.29) is 29.8 Å². The van der Waals surface area contributed by atoms with Crippen LogP contribution in [0.3, 0.4) is 0 Å². The van der Waals surface area contributed by atoms with E-state index < -0.39 is 0 Å². The fourth-order valence-corrected chi connectivity index (χ4v) is 4.05. The van der Waals surface area contributed by atoms with Crippen LogP contribution in [-0.2, 0) is 4.79 Å². The molecule has 2 fully saturated rings. The van der Waals surface area contributed by atoms with Crippen molar-refractivity contribution in [3.63, 3.8) is 0 Å². The zero-order valence-corrected chi connectivity index (χ0v) is 14.0. The first-order valence-electron chi connectivity index (χ1n) is 8.54. The van der Waals surface area contributed by atoms with Gasteiger partial charge in [-0.05, 0) is 18.6 Å². The van der Waals surface area contributed by atoms with Crippen molar-refractivity contribution < 1.29 is 23.6 Å². The highest BCUT2D eigenvalue weighted by Crippen LogP contribution is 2.44. The van der Waals surface area contributed by atoms with Gasteiger partial charge in [0.1, 0.15) is 0 Å². The molecule has 1 aromatic carbocycles. The van der Waals surface area contributed by atoms with Gasteiger partial charge in [-0.15, -0.1) is 0 Å². The van der Waals surface area contributed by atoms with E-state index >= 15 is 0 Å². The second-order valence-corrected chi connectivity index (χ2v) is 7.05. The van der Waals surface area contributed by atoms with Crippen LogP contribution in [0.2, 0.25) is 0 Å². The van der Waals surface area contributed by atoms with Gasteiger partial charge in [0.15, 0.2) is 11.5 Å². The summed E-state index contributed by atoms with van der Waals surface area (Å²) in [4.78, 5) is 28.7. The normalized spacial score (nSPS) is 24.1. The summed E-state index contributed by atoms with van der Waals surface area (Å²) in [5, 5.41) is 3.59. The van der Waals surface area contributed by atoms with Gasteiger partial charge in [-0.3, -0.25) is 9.59 Å². The second-order valence-electron chi connectivity index (χ2n) is 7.05. The third-order valence-corrected chi connectivity index (χ3v) is 5.36. The third kappa shape index (κ3) is 2.33. The first-order valence-corrected chi connectivity index (χ1v) is 8.54. The Morgan fingerprint density at radius 3 is 2.88 bits per heavy atom. The molecule has 8 heteroatoms. The van der Waals surface area contributed by atoms with Crippen LogP contribution in [-0.4, -0.2) is 48.3 Å². The van der Waals surface area contributed by atoms with Gasteiger partial charge in [0.25, 0.3) is 5.91 Å². The van der Waals surface area contributed by atoms with Crippen molar-refractivity contribution in [1.29, 1.82) is 0 Å². The number of hydrogen-bond acceptors (Lipinski definition) is 6. The van der Waals surface area contributed by atoms with Gasteiger partial charge in [0.2, 0.25) is 18.5 Å². The predicted octanol–water partition coefficient (Wildman–Crippen LogP) is 1.67. The van der Waals surface area contributed by atoms with E-state index in [0.29, 0.717) is 37.6 Å². The molecule has 1 atom stereocenters. The Labute approximate surface area is 149 Å². The number of amides is 2. The minimum absolute atomic E-state index is 0.0674. The fourth-order valence-electron chi connectivity index (χ4n) is 4.05. The highest BCUT2D eigenvalue weighted by atomic mass is 16.7. The number of likely N-dealkylation sites (tertiary alicyclic amines) is 1. The highest BCUT2D eigenvalue weighted by molar-refractivity contribution is 5.97. The minimum Gasteiger partial charge on any atom is -0.454 e. The first-order chi connectivity index (χ1) is 12.6. The van der Waals surface area contributed by atoms with E-state index in [1.165, 1.54) is 6.20 Å². The molecule has 0 bridgehead atoms. The van der Waals surface area contributed by atoms with Crippen molar-refractivity contribution in [2.45, 2.75) is 12.8 Å². The highest BCUT2D eigenvalue weighted by Gasteiger charge is 2.49. The smallest absolute Gasteiger partial charge is 0.292 e. The van der Waals surface area contributed by atoms with Gasteiger partial charge < -0.3 is 23.8 Å². The number of aromatic nitrogens is 1. The molecule has 0 radical (unpaired) electrons. The lowest BCUT2D eigenvalue weighted by Crippen LogP contribution is -2.34. The standard InChI is InChI=1S/C18H17N3O5/c22-16-8-18(4-6-20(9-18)17(23)14-3-5-19-26-14)10-21(16)12-1-2-13-15(7-12)25-11-24-13/h1-3,5,7H,4,6,8-11H2/t18-/m0/s1. The SMILES string of the molecule is O=C(c1ccno1)N1CC[C@]2(CC(=O)N(c3ccc4c(c3)OCO4)C2)C1. The van der Waals surface area contributed by atoms with Crippen LogP contribution in [0.5, 0.6) is 11.5 Å². The predicted molar refractivity (Wildman–Crippen MR) is 89.0 cm³/mol. The van der Waals surface area contributed by atoms with Crippen molar-refractivity contribution in [2.75, 3.05) is 31.3 Å². The summed E-state index contributed by atoms with van der Waals surface area (Å²) in [6.45, 7) is 1.95. The Hall–Kier alpha value is -3.03. The molecule has 0 saturated carbocycles. The van der Waals surface area contributed by atoms with E-state index in [1.807, 2.05) is 18.2 Å². The van der Waals surface area contributed by atoms with Crippen LogP contribution >= 0.6 is 0 Å². The summed E-state index contributed by atoms with van der Waals surface area (Å²) < 4.78 is 15.7. The molecule has 26 heavy (non-hydrogen) atoms. The Kier molecular flexibility index (Phi) is 3.22. The molecule has 3 aliphatic rings. The number of carbonyl (C=O) groups is 2. The number of rotatable bonds is 2. The monoisotopic (exact) mass is 355 g/mol. The molecular formula is C18H17N3O5. The van der Waals surface area contributed by atoms with E-state index in [9.17, 15) is 9.59 Å². The summed E-state index contributed by atoms with van der Waals surface area (Å²) in [6.07, 6.45) is 2.68. The molecule has 2 aromatic rings. The largest absolute Gasteiger partial charge is 0.454 e. The van der Waals surface area contributed by atoms with E-state index in [0.717, 1.165) is 12.1 Å². The molecule has 4 heterocycles. The fraction of sp³-hybridized carbons (Fsp3) is 0.389. The Balaban J connectivity index is 1.34. The Bertz CT molecular complexity index is 881. The second kappa shape index (κ2) is 5.48. The lowest BCUT2D eigenvalue weighted by atomic mass is 9.86. The van der Waals surface area contributed by atoms with Gasteiger partial charge in [0.05, 0.1) is 6.20 Å². The maximum Gasteiger partial charge on any atom is 0.292 e. The summed E-state index contributed by atoms with van der Waals surface area (Å²) in [6, 6.07) is 7.10. The summed E-state index contributed by atoms with van der Waals surface area (Å²) >= 11 is 0. The number of anilines is 1. The number of nitrogens with zero attached hydrogens (tertiary/aromatic N) is 3. The number of benzene rings is 1. The van der Waals surface area contributed by atoms with Crippen LogP contribution in [0.15, 0.2) is 35.0 Å². The van der Waals surface area contributed by atoms with Gasteiger partial charge in [-0.25, -0.2) is 0 Å². The van der Waals surface area contributed by atoms with E-state index in [1.54, 1.807) is 15.9 Å². The summed E-state index contributed by atoms with van der Waals surface area (Å²) in [7, 11) is 0. The maximum atomic E-state index is 12.7. The molecule has 3 aliphatic heterocycles. The van der Waals surface area contributed by atoms with Gasteiger partial charge in [-0.1, -0.05) is 5.16 Å². The average molecular weight is 355 g/mol. The van der Waals surface area contributed by atoms with Crippen molar-refractivity contribution in [3.8, 4) is 11.5 Å². The molecule has 0 N–H and O–H groups in total.